The molecule has 146 valence electrons. The number of aromatic nitrogens is 1. The number of anilines is 4. The third-order valence-corrected chi connectivity index (χ3v) is 4.87. The second kappa shape index (κ2) is 8.14. The fourth-order valence-electron chi connectivity index (χ4n) is 3.52. The van der Waals surface area contributed by atoms with E-state index in [2.05, 4.69) is 38.7 Å². The summed E-state index contributed by atoms with van der Waals surface area (Å²) < 4.78 is 0. The second-order valence-electron chi connectivity index (χ2n) is 7.00. The van der Waals surface area contributed by atoms with Gasteiger partial charge in [-0.05, 0) is 60.9 Å². The molecule has 0 saturated carbocycles. The van der Waals surface area contributed by atoms with Crippen LogP contribution in [-0.2, 0) is 11.2 Å². The van der Waals surface area contributed by atoms with Gasteiger partial charge >= 0.3 is 0 Å². The van der Waals surface area contributed by atoms with Crippen LogP contribution in [0.25, 0.3) is 0 Å². The lowest BCUT2D eigenvalue weighted by molar-refractivity contribution is -0.114. The first-order chi connectivity index (χ1) is 14.1. The fraction of sp³-hybridized carbons (Fsp3) is 0.174. The molecule has 6 nitrogen and oxygen atoms in total. The van der Waals surface area contributed by atoms with Crippen LogP contribution in [0.1, 0.15) is 29.4 Å². The van der Waals surface area contributed by atoms with Gasteiger partial charge < -0.3 is 15.5 Å². The van der Waals surface area contributed by atoms with E-state index in [4.69, 9.17) is 0 Å². The lowest BCUT2D eigenvalue weighted by atomic mass is 10.0. The molecule has 0 atom stereocenters. The maximum absolute atomic E-state index is 12.5. The summed E-state index contributed by atoms with van der Waals surface area (Å²) >= 11 is 0. The molecule has 6 heteroatoms. The number of nitrogens with zero attached hydrogens (tertiary/aromatic N) is 2. The summed E-state index contributed by atoms with van der Waals surface area (Å²) in [7, 11) is 0. The minimum Gasteiger partial charge on any atom is -0.340 e. The van der Waals surface area contributed by atoms with E-state index in [1.807, 2.05) is 12.1 Å². The van der Waals surface area contributed by atoms with Crippen molar-refractivity contribution in [3.8, 4) is 0 Å². The highest BCUT2D eigenvalue weighted by Crippen LogP contribution is 2.32. The number of nitrogens with one attached hydrogen (secondary N) is 2. The molecule has 1 aliphatic heterocycles. The van der Waals surface area contributed by atoms with Gasteiger partial charge in [-0.1, -0.05) is 18.2 Å². The zero-order valence-corrected chi connectivity index (χ0v) is 16.2. The van der Waals surface area contributed by atoms with E-state index < -0.39 is 0 Å². The van der Waals surface area contributed by atoms with Crippen LogP contribution in [0, 0.1) is 0 Å². The molecule has 0 aliphatic carbocycles. The van der Waals surface area contributed by atoms with E-state index in [1.165, 1.54) is 18.2 Å². The Morgan fingerprint density at radius 2 is 1.66 bits per heavy atom. The Labute approximate surface area is 169 Å². The molecule has 0 fully saturated rings. The van der Waals surface area contributed by atoms with Crippen LogP contribution in [-0.4, -0.2) is 23.3 Å². The largest absolute Gasteiger partial charge is 0.340 e. The van der Waals surface area contributed by atoms with E-state index in [1.54, 1.807) is 36.5 Å². The summed E-state index contributed by atoms with van der Waals surface area (Å²) in [4.78, 5) is 30.2. The third-order valence-electron chi connectivity index (χ3n) is 4.87. The molecule has 29 heavy (non-hydrogen) atoms. The Balaban J connectivity index is 1.45. The maximum Gasteiger partial charge on any atom is 0.274 e. The van der Waals surface area contributed by atoms with Gasteiger partial charge in [-0.25, -0.2) is 4.98 Å². The SMILES string of the molecule is CC(=O)Nc1ccc(NC(=O)c2ccc(N3CCCc4ccccc43)cn2)cc1. The molecule has 1 aromatic heterocycles. The molecule has 0 bridgehead atoms. The minimum absolute atomic E-state index is 0.137. The molecule has 3 aromatic rings. The molecule has 4 rings (SSSR count). The number of fused-ring (bicyclic) bond motifs is 1. The number of rotatable bonds is 4. The van der Waals surface area contributed by atoms with E-state index in [9.17, 15) is 9.59 Å². The lowest BCUT2D eigenvalue weighted by Gasteiger charge is -2.31. The highest BCUT2D eigenvalue weighted by molar-refractivity contribution is 6.03. The molecule has 1 aliphatic rings. The maximum atomic E-state index is 12.5. The van der Waals surface area contributed by atoms with Crippen molar-refractivity contribution in [1.82, 2.24) is 4.98 Å². The van der Waals surface area contributed by atoms with Gasteiger partial charge in [-0.2, -0.15) is 0 Å². The average molecular weight is 386 g/mol. The highest BCUT2D eigenvalue weighted by atomic mass is 16.2. The molecule has 0 unspecified atom stereocenters. The zero-order chi connectivity index (χ0) is 20.2. The first-order valence-electron chi connectivity index (χ1n) is 9.61. The number of pyridine rings is 1. The Morgan fingerprint density at radius 3 is 2.34 bits per heavy atom. The van der Waals surface area contributed by atoms with Crippen LogP contribution in [0.3, 0.4) is 0 Å². The fourth-order valence-corrected chi connectivity index (χ4v) is 3.52. The Hall–Kier alpha value is -3.67. The van der Waals surface area contributed by atoms with Crippen LogP contribution in [0.4, 0.5) is 22.7 Å². The molecule has 2 heterocycles. The number of carbonyl (C=O) groups is 2. The van der Waals surface area contributed by atoms with Crippen molar-refractivity contribution in [3.63, 3.8) is 0 Å². The molecular formula is C23H22N4O2. The van der Waals surface area contributed by atoms with Gasteiger partial charge in [0.2, 0.25) is 5.91 Å². The Kier molecular flexibility index (Phi) is 5.24. The second-order valence-corrected chi connectivity index (χ2v) is 7.00. The van der Waals surface area contributed by atoms with Crippen LogP contribution in [0.2, 0.25) is 0 Å². The quantitative estimate of drug-likeness (QED) is 0.698. The van der Waals surface area contributed by atoms with E-state index in [0.717, 1.165) is 25.1 Å². The van der Waals surface area contributed by atoms with Gasteiger partial charge in [0.25, 0.3) is 5.91 Å². The number of carbonyl (C=O) groups excluding carboxylic acids is 2. The van der Waals surface area contributed by atoms with E-state index >= 15 is 0 Å². The van der Waals surface area contributed by atoms with E-state index in [-0.39, 0.29) is 11.8 Å². The number of aryl methyl sites for hydroxylation is 1. The minimum atomic E-state index is -0.275. The van der Waals surface area contributed by atoms with Crippen LogP contribution in [0.15, 0.2) is 66.9 Å². The van der Waals surface area contributed by atoms with Gasteiger partial charge in [0.15, 0.2) is 0 Å². The number of hydrogen-bond acceptors (Lipinski definition) is 4. The van der Waals surface area contributed by atoms with Crippen LogP contribution < -0.4 is 15.5 Å². The molecule has 0 radical (unpaired) electrons. The van der Waals surface area contributed by atoms with Crippen LogP contribution >= 0.6 is 0 Å². The monoisotopic (exact) mass is 386 g/mol. The summed E-state index contributed by atoms with van der Waals surface area (Å²) in [5, 5.41) is 5.52. The third kappa shape index (κ3) is 4.27. The summed E-state index contributed by atoms with van der Waals surface area (Å²) in [6, 6.07) is 19.0. The smallest absolute Gasteiger partial charge is 0.274 e. The van der Waals surface area contributed by atoms with Gasteiger partial charge in [0, 0.05) is 30.5 Å². The van der Waals surface area contributed by atoms with Gasteiger partial charge in [-0.3, -0.25) is 9.59 Å². The Bertz CT molecular complexity index is 1030. The van der Waals surface area contributed by atoms with Crippen molar-refractivity contribution in [1.29, 1.82) is 0 Å². The number of hydrogen-bond donors (Lipinski definition) is 2. The van der Waals surface area contributed by atoms with Crippen molar-refractivity contribution in [2.75, 3.05) is 22.1 Å². The first-order valence-corrected chi connectivity index (χ1v) is 9.61. The highest BCUT2D eigenvalue weighted by Gasteiger charge is 2.18. The topological polar surface area (TPSA) is 74.3 Å². The standard InChI is InChI=1S/C23H22N4O2/c1-16(28)25-18-8-10-19(11-9-18)26-23(29)21-13-12-20(15-24-21)27-14-4-6-17-5-2-3-7-22(17)27/h2-3,5,7-13,15H,4,6,14H2,1H3,(H,25,28)(H,26,29). The summed E-state index contributed by atoms with van der Waals surface area (Å²) in [5.74, 6) is -0.412. The first kappa shape index (κ1) is 18.7. The van der Waals surface area contributed by atoms with Crippen molar-refractivity contribution < 1.29 is 9.59 Å². The molecule has 2 amide bonds. The summed E-state index contributed by atoms with van der Waals surface area (Å²) in [6.07, 6.45) is 3.92. The lowest BCUT2D eigenvalue weighted by Crippen LogP contribution is -2.24. The van der Waals surface area contributed by atoms with Crippen molar-refractivity contribution in [3.05, 3.63) is 78.1 Å². The molecule has 0 spiro atoms. The predicted octanol–water partition coefficient (Wildman–Crippen LogP) is 4.38. The predicted molar refractivity (Wildman–Crippen MR) is 115 cm³/mol. The van der Waals surface area contributed by atoms with Crippen molar-refractivity contribution >= 4 is 34.6 Å². The number of para-hydroxylation sites is 1. The molecule has 2 aromatic carbocycles. The normalized spacial score (nSPS) is 12.8. The summed E-state index contributed by atoms with van der Waals surface area (Å²) in [5.41, 5.74) is 5.19. The number of amides is 2. The number of benzene rings is 2. The average Bonchev–Trinajstić information content (AvgIpc) is 2.74. The van der Waals surface area contributed by atoms with E-state index in [0.29, 0.717) is 17.1 Å². The zero-order valence-electron chi connectivity index (χ0n) is 16.2. The molecular weight excluding hydrogens is 364 g/mol. The Morgan fingerprint density at radius 1 is 0.931 bits per heavy atom. The van der Waals surface area contributed by atoms with Crippen LogP contribution in [0.5, 0.6) is 0 Å². The van der Waals surface area contributed by atoms with Gasteiger partial charge in [-0.15, -0.1) is 0 Å². The molecule has 0 saturated heterocycles. The van der Waals surface area contributed by atoms with Crippen molar-refractivity contribution in [2.45, 2.75) is 19.8 Å². The summed E-state index contributed by atoms with van der Waals surface area (Å²) in [6.45, 7) is 2.39. The molecule has 2 N–H and O–H groups in total. The van der Waals surface area contributed by atoms with Gasteiger partial charge in [0.1, 0.15) is 5.69 Å². The van der Waals surface area contributed by atoms with Gasteiger partial charge in [0.05, 0.1) is 11.9 Å². The van der Waals surface area contributed by atoms with Crippen molar-refractivity contribution in [2.24, 2.45) is 0 Å².